The SMILES string of the molecule is C=C(C)C(=O)OCCOC(=O)/C=C/c1ccc(C2CCC(C3(CC)CC3)CC2)cc1. The van der Waals surface area contributed by atoms with Crippen LogP contribution in [0.3, 0.4) is 0 Å². The van der Waals surface area contributed by atoms with E-state index in [-0.39, 0.29) is 13.2 Å². The highest BCUT2D eigenvalue weighted by molar-refractivity contribution is 5.87. The molecule has 2 aliphatic rings. The first kappa shape index (κ1) is 22.3. The standard InChI is InChI=1S/C26H34O4/c1-4-26(15-16-26)23-12-10-22(11-13-23)21-8-5-20(6-9-21)7-14-24(27)29-17-18-30-25(28)19(2)3/h5-9,14,22-23H,2,4,10-13,15-18H2,1,3H3/b14-7+. The molecule has 0 atom stereocenters. The Balaban J connectivity index is 1.40. The first-order valence-electron chi connectivity index (χ1n) is 11.2. The Morgan fingerprint density at radius 2 is 1.70 bits per heavy atom. The first-order valence-corrected chi connectivity index (χ1v) is 11.2. The molecule has 0 amide bonds. The van der Waals surface area contributed by atoms with Gasteiger partial charge in [0.05, 0.1) is 0 Å². The fraction of sp³-hybridized carbons (Fsp3) is 0.538. The van der Waals surface area contributed by atoms with Gasteiger partial charge >= 0.3 is 11.9 Å². The smallest absolute Gasteiger partial charge is 0.333 e. The summed E-state index contributed by atoms with van der Waals surface area (Å²) in [5.41, 5.74) is 3.40. The average molecular weight is 411 g/mol. The molecule has 0 aliphatic heterocycles. The zero-order chi connectivity index (χ0) is 21.6. The number of hydrogen-bond acceptors (Lipinski definition) is 4. The highest BCUT2D eigenvalue weighted by atomic mass is 16.6. The van der Waals surface area contributed by atoms with E-state index < -0.39 is 11.9 Å². The molecule has 3 rings (SSSR count). The van der Waals surface area contributed by atoms with Gasteiger partial charge < -0.3 is 9.47 Å². The van der Waals surface area contributed by atoms with E-state index in [0.717, 1.165) is 11.5 Å². The highest BCUT2D eigenvalue weighted by Crippen LogP contribution is 2.59. The lowest BCUT2D eigenvalue weighted by atomic mass is 9.71. The molecule has 30 heavy (non-hydrogen) atoms. The predicted octanol–water partition coefficient (Wildman–Crippen LogP) is 5.83. The Hall–Kier alpha value is -2.36. The van der Waals surface area contributed by atoms with Crippen molar-refractivity contribution in [2.45, 2.75) is 64.7 Å². The highest BCUT2D eigenvalue weighted by Gasteiger charge is 2.47. The molecule has 1 aromatic rings. The zero-order valence-corrected chi connectivity index (χ0v) is 18.3. The summed E-state index contributed by atoms with van der Waals surface area (Å²) in [6, 6.07) is 8.52. The van der Waals surface area contributed by atoms with Gasteiger partial charge in [-0.05, 0) is 79.9 Å². The van der Waals surface area contributed by atoms with Gasteiger partial charge in [-0.3, -0.25) is 0 Å². The van der Waals surface area contributed by atoms with Gasteiger partial charge in [0.15, 0.2) is 0 Å². The molecular weight excluding hydrogens is 376 g/mol. The topological polar surface area (TPSA) is 52.6 Å². The minimum absolute atomic E-state index is 0.0294. The third-order valence-corrected chi connectivity index (χ3v) is 6.92. The van der Waals surface area contributed by atoms with Crippen molar-refractivity contribution in [3.63, 3.8) is 0 Å². The van der Waals surface area contributed by atoms with Gasteiger partial charge in [0.25, 0.3) is 0 Å². The summed E-state index contributed by atoms with van der Waals surface area (Å²) >= 11 is 0. The number of benzene rings is 1. The molecule has 1 aromatic carbocycles. The molecule has 0 radical (unpaired) electrons. The van der Waals surface area contributed by atoms with Gasteiger partial charge in [0, 0.05) is 11.6 Å². The van der Waals surface area contributed by atoms with Gasteiger partial charge in [-0.15, -0.1) is 0 Å². The summed E-state index contributed by atoms with van der Waals surface area (Å²) in [7, 11) is 0. The molecular formula is C26H34O4. The molecule has 2 fully saturated rings. The average Bonchev–Trinajstić information content (AvgIpc) is 3.57. The van der Waals surface area contributed by atoms with E-state index in [1.807, 2.05) is 0 Å². The van der Waals surface area contributed by atoms with Gasteiger partial charge in [-0.1, -0.05) is 44.2 Å². The molecule has 0 heterocycles. The van der Waals surface area contributed by atoms with E-state index in [1.54, 1.807) is 13.0 Å². The van der Waals surface area contributed by atoms with Crippen molar-refractivity contribution in [2.24, 2.45) is 11.3 Å². The zero-order valence-electron chi connectivity index (χ0n) is 18.3. The monoisotopic (exact) mass is 410 g/mol. The third-order valence-electron chi connectivity index (χ3n) is 6.92. The molecule has 2 aliphatic carbocycles. The fourth-order valence-corrected chi connectivity index (χ4v) is 4.74. The van der Waals surface area contributed by atoms with Crippen LogP contribution in [0.25, 0.3) is 6.08 Å². The van der Waals surface area contributed by atoms with Crippen molar-refractivity contribution in [2.75, 3.05) is 13.2 Å². The lowest BCUT2D eigenvalue weighted by molar-refractivity contribution is -0.146. The maximum absolute atomic E-state index is 11.8. The molecule has 162 valence electrons. The van der Waals surface area contributed by atoms with Gasteiger partial charge in [0.2, 0.25) is 0 Å². The predicted molar refractivity (Wildman–Crippen MR) is 119 cm³/mol. The number of carbonyl (C=O) groups excluding carboxylic acids is 2. The Labute approximate surface area is 180 Å². The molecule has 0 N–H and O–H groups in total. The van der Waals surface area contributed by atoms with E-state index in [2.05, 4.69) is 37.8 Å². The second-order valence-corrected chi connectivity index (χ2v) is 8.85. The summed E-state index contributed by atoms with van der Waals surface area (Å²) in [5.74, 6) is 0.677. The molecule has 0 unspecified atom stereocenters. The van der Waals surface area contributed by atoms with Crippen LogP contribution in [0.15, 0.2) is 42.5 Å². The van der Waals surface area contributed by atoms with E-state index in [0.29, 0.717) is 16.9 Å². The molecule has 0 aromatic heterocycles. The minimum atomic E-state index is -0.479. The van der Waals surface area contributed by atoms with Crippen LogP contribution in [0.2, 0.25) is 0 Å². The van der Waals surface area contributed by atoms with Crippen LogP contribution >= 0.6 is 0 Å². The lowest BCUT2D eigenvalue weighted by Crippen LogP contribution is -2.21. The fourth-order valence-electron chi connectivity index (χ4n) is 4.74. The van der Waals surface area contributed by atoms with Crippen molar-refractivity contribution < 1.29 is 19.1 Å². The van der Waals surface area contributed by atoms with Crippen molar-refractivity contribution in [1.82, 2.24) is 0 Å². The Bertz CT molecular complexity index is 778. The maximum Gasteiger partial charge on any atom is 0.333 e. The van der Waals surface area contributed by atoms with Crippen LogP contribution in [0.4, 0.5) is 0 Å². The summed E-state index contributed by atoms with van der Waals surface area (Å²) in [6.07, 6.45) is 12.7. The number of ether oxygens (including phenoxy) is 2. The van der Waals surface area contributed by atoms with Crippen LogP contribution in [0.5, 0.6) is 0 Å². The maximum atomic E-state index is 11.8. The molecule has 0 spiro atoms. The number of carbonyl (C=O) groups is 2. The molecule has 0 bridgehead atoms. The van der Waals surface area contributed by atoms with Crippen LogP contribution in [-0.4, -0.2) is 25.2 Å². The third kappa shape index (κ3) is 5.84. The van der Waals surface area contributed by atoms with Crippen molar-refractivity contribution >= 4 is 18.0 Å². The van der Waals surface area contributed by atoms with E-state index in [4.69, 9.17) is 9.47 Å². The van der Waals surface area contributed by atoms with Crippen molar-refractivity contribution in [1.29, 1.82) is 0 Å². The second kappa shape index (κ2) is 10.1. The number of rotatable bonds is 9. The summed E-state index contributed by atoms with van der Waals surface area (Å²) in [5, 5.41) is 0. The summed E-state index contributed by atoms with van der Waals surface area (Å²) < 4.78 is 9.91. The quantitative estimate of drug-likeness (QED) is 0.292. The molecule has 0 saturated heterocycles. The Morgan fingerprint density at radius 3 is 2.27 bits per heavy atom. The van der Waals surface area contributed by atoms with E-state index in [1.165, 1.54) is 56.6 Å². The van der Waals surface area contributed by atoms with Crippen LogP contribution in [0, 0.1) is 11.3 Å². The first-order chi connectivity index (χ1) is 14.4. The molecule has 4 nitrogen and oxygen atoms in total. The van der Waals surface area contributed by atoms with Crippen LogP contribution < -0.4 is 0 Å². The van der Waals surface area contributed by atoms with Gasteiger partial charge in [-0.2, -0.15) is 0 Å². The Morgan fingerprint density at radius 1 is 1.07 bits per heavy atom. The van der Waals surface area contributed by atoms with Gasteiger partial charge in [-0.25, -0.2) is 9.59 Å². The lowest BCUT2D eigenvalue weighted by Gasteiger charge is -2.34. The van der Waals surface area contributed by atoms with Crippen LogP contribution in [-0.2, 0) is 19.1 Å². The van der Waals surface area contributed by atoms with Crippen molar-refractivity contribution in [3.8, 4) is 0 Å². The normalized spacial score (nSPS) is 22.5. The largest absolute Gasteiger partial charge is 0.459 e. The van der Waals surface area contributed by atoms with E-state index in [9.17, 15) is 9.59 Å². The summed E-state index contributed by atoms with van der Waals surface area (Å²) in [6.45, 7) is 7.49. The molecule has 4 heteroatoms. The second-order valence-electron chi connectivity index (χ2n) is 8.85. The van der Waals surface area contributed by atoms with E-state index >= 15 is 0 Å². The van der Waals surface area contributed by atoms with Gasteiger partial charge in [0.1, 0.15) is 13.2 Å². The van der Waals surface area contributed by atoms with Crippen molar-refractivity contribution in [3.05, 3.63) is 53.6 Å². The van der Waals surface area contributed by atoms with Crippen LogP contribution in [0.1, 0.15) is 75.8 Å². The molecule has 2 saturated carbocycles. The minimum Gasteiger partial charge on any atom is -0.459 e. The number of hydrogen-bond donors (Lipinski definition) is 0. The Kier molecular flexibility index (Phi) is 7.52. The number of esters is 2. The summed E-state index contributed by atoms with van der Waals surface area (Å²) in [4.78, 5) is 23.0.